The molecule has 5 N–H and O–H groups in total. The quantitative estimate of drug-likeness (QED) is 0.283. The average Bonchev–Trinajstić information content (AvgIpc) is 2.86. The lowest BCUT2D eigenvalue weighted by atomic mass is 9.79. The Balaban J connectivity index is 1.94. The van der Waals surface area contributed by atoms with Crippen LogP contribution < -0.4 is 30.9 Å². The molecule has 3 amide bonds. The number of amides is 3. The van der Waals surface area contributed by atoms with Gasteiger partial charge in [-0.2, -0.15) is 0 Å². The van der Waals surface area contributed by atoms with Gasteiger partial charge in [-0.3, -0.25) is 14.4 Å². The molecule has 0 spiro atoms. The molecule has 0 aliphatic rings. The van der Waals surface area contributed by atoms with Crippen molar-refractivity contribution in [2.75, 3.05) is 26.6 Å². The van der Waals surface area contributed by atoms with E-state index >= 15 is 0 Å². The Bertz CT molecular complexity index is 1280. The van der Waals surface area contributed by atoms with Crippen LogP contribution in [0.4, 0.5) is 5.69 Å². The van der Waals surface area contributed by atoms with Crippen molar-refractivity contribution in [1.82, 2.24) is 15.6 Å². The second-order valence-corrected chi connectivity index (χ2v) is 7.57. The largest absolute Gasteiger partial charge is 0.497 e. The van der Waals surface area contributed by atoms with Gasteiger partial charge in [0.05, 0.1) is 19.7 Å². The predicted molar refractivity (Wildman–Crippen MR) is 130 cm³/mol. The Labute approximate surface area is 201 Å². The molecule has 1 aromatic heterocycles. The van der Waals surface area contributed by atoms with Gasteiger partial charge in [0.2, 0.25) is 5.91 Å². The van der Waals surface area contributed by atoms with Gasteiger partial charge >= 0.3 is 7.12 Å². The molecule has 12 heteroatoms. The number of nitrogens with one attached hydrogen (secondary N) is 3. The molecule has 2 aromatic carbocycles. The van der Waals surface area contributed by atoms with Gasteiger partial charge in [0, 0.05) is 35.8 Å². The highest BCUT2D eigenvalue weighted by Gasteiger charge is 2.21. The Morgan fingerprint density at radius 2 is 1.74 bits per heavy atom. The van der Waals surface area contributed by atoms with Crippen molar-refractivity contribution in [3.05, 3.63) is 53.7 Å². The maximum Gasteiger partial charge on any atom is 0.488 e. The molecular weight excluding hydrogens is 455 g/mol. The van der Waals surface area contributed by atoms with Crippen LogP contribution in [0, 0.1) is 0 Å². The van der Waals surface area contributed by atoms with Gasteiger partial charge in [0.25, 0.3) is 11.8 Å². The third kappa shape index (κ3) is 5.86. The van der Waals surface area contributed by atoms with Crippen molar-refractivity contribution < 1.29 is 33.9 Å². The average molecular weight is 480 g/mol. The number of ether oxygens (including phenoxy) is 2. The number of nitrogens with zero attached hydrogens (tertiary/aromatic N) is 1. The van der Waals surface area contributed by atoms with E-state index in [1.165, 1.54) is 52.5 Å². The van der Waals surface area contributed by atoms with E-state index in [-0.39, 0.29) is 22.4 Å². The van der Waals surface area contributed by atoms with Crippen LogP contribution in [-0.2, 0) is 4.79 Å². The summed E-state index contributed by atoms with van der Waals surface area (Å²) in [6.45, 7) is 1.50. The number of pyridine rings is 1. The number of hydrogen-bond acceptors (Lipinski definition) is 8. The normalized spacial score (nSPS) is 11.4. The number of likely N-dealkylation sites (N-methyl/N-ethyl adjacent to an activating group) is 1. The zero-order valence-electron chi connectivity index (χ0n) is 19.6. The zero-order valence-corrected chi connectivity index (χ0v) is 19.6. The van der Waals surface area contributed by atoms with Crippen molar-refractivity contribution in [1.29, 1.82) is 0 Å². The second kappa shape index (κ2) is 10.8. The second-order valence-electron chi connectivity index (χ2n) is 7.57. The highest BCUT2D eigenvalue weighted by Crippen LogP contribution is 2.28. The molecule has 0 radical (unpaired) electrons. The van der Waals surface area contributed by atoms with Gasteiger partial charge in [0.1, 0.15) is 23.2 Å². The van der Waals surface area contributed by atoms with Crippen molar-refractivity contribution in [2.45, 2.75) is 13.0 Å². The Morgan fingerprint density at radius 1 is 1.00 bits per heavy atom. The van der Waals surface area contributed by atoms with Gasteiger partial charge in [0.15, 0.2) is 0 Å². The first-order valence-corrected chi connectivity index (χ1v) is 10.5. The van der Waals surface area contributed by atoms with Crippen LogP contribution in [0.2, 0.25) is 0 Å². The topological polar surface area (TPSA) is 159 Å². The number of carbonyl (C=O) groups is 3. The molecular formula is C23H25BN4O7. The molecule has 0 fully saturated rings. The third-order valence-electron chi connectivity index (χ3n) is 5.19. The number of carbonyl (C=O) groups excluding carboxylic acids is 3. The SMILES string of the molecule is CNC(=O)[C@@H](C)NC(=O)c1cc(NC(=O)c2cc(OC)c3ccc(OC)cc3n2)cc(B(O)O)c1. The van der Waals surface area contributed by atoms with Crippen LogP contribution in [0.1, 0.15) is 27.8 Å². The summed E-state index contributed by atoms with van der Waals surface area (Å²) in [5.41, 5.74) is 0.586. The van der Waals surface area contributed by atoms with Crippen LogP contribution in [0.15, 0.2) is 42.5 Å². The molecule has 1 heterocycles. The minimum Gasteiger partial charge on any atom is -0.497 e. The summed E-state index contributed by atoms with van der Waals surface area (Å²) in [6.07, 6.45) is 0. The van der Waals surface area contributed by atoms with Gasteiger partial charge < -0.3 is 35.5 Å². The smallest absolute Gasteiger partial charge is 0.488 e. The maximum absolute atomic E-state index is 13.0. The van der Waals surface area contributed by atoms with Gasteiger partial charge in [-0.15, -0.1) is 0 Å². The van der Waals surface area contributed by atoms with Crippen LogP contribution in [-0.4, -0.2) is 67.2 Å². The first-order chi connectivity index (χ1) is 16.7. The summed E-state index contributed by atoms with van der Waals surface area (Å²) in [6, 6.07) is 9.70. The number of fused-ring (bicyclic) bond motifs is 1. The minimum atomic E-state index is -1.90. The van der Waals surface area contributed by atoms with Gasteiger partial charge in [-0.1, -0.05) is 0 Å². The van der Waals surface area contributed by atoms with Crippen LogP contribution in [0.5, 0.6) is 11.5 Å². The van der Waals surface area contributed by atoms with E-state index in [2.05, 4.69) is 20.9 Å². The molecule has 0 saturated heterocycles. The van der Waals surface area contributed by atoms with E-state index in [0.717, 1.165) is 0 Å². The molecule has 3 aromatic rings. The molecule has 11 nitrogen and oxygen atoms in total. The van der Waals surface area contributed by atoms with E-state index < -0.39 is 30.9 Å². The number of hydrogen-bond donors (Lipinski definition) is 5. The number of methoxy groups -OCH3 is 2. The monoisotopic (exact) mass is 480 g/mol. The summed E-state index contributed by atoms with van der Waals surface area (Å²) in [5, 5.41) is 27.5. The molecule has 182 valence electrons. The van der Waals surface area contributed by atoms with Crippen molar-refractivity contribution in [3.63, 3.8) is 0 Å². The summed E-state index contributed by atoms with van der Waals surface area (Å²) in [7, 11) is 2.52. The van der Waals surface area contributed by atoms with E-state index in [4.69, 9.17) is 9.47 Å². The maximum atomic E-state index is 13.0. The molecule has 0 aliphatic carbocycles. The lowest BCUT2D eigenvalue weighted by Gasteiger charge is -2.15. The highest BCUT2D eigenvalue weighted by molar-refractivity contribution is 6.58. The highest BCUT2D eigenvalue weighted by atomic mass is 16.5. The fourth-order valence-electron chi connectivity index (χ4n) is 3.35. The molecule has 0 bridgehead atoms. The van der Waals surface area contributed by atoms with Gasteiger partial charge in [-0.25, -0.2) is 4.98 Å². The Hall–Kier alpha value is -4.16. The molecule has 0 unspecified atom stereocenters. The summed E-state index contributed by atoms with van der Waals surface area (Å²) in [5.74, 6) is -0.695. The molecule has 35 heavy (non-hydrogen) atoms. The van der Waals surface area contributed by atoms with Crippen molar-refractivity contribution in [2.24, 2.45) is 0 Å². The van der Waals surface area contributed by atoms with Crippen LogP contribution in [0.3, 0.4) is 0 Å². The number of anilines is 1. The van der Waals surface area contributed by atoms with Crippen molar-refractivity contribution in [3.8, 4) is 11.5 Å². The van der Waals surface area contributed by atoms with Crippen molar-refractivity contribution >= 4 is 46.9 Å². The Kier molecular flexibility index (Phi) is 7.89. The molecule has 3 rings (SSSR count). The van der Waals surface area contributed by atoms with E-state index in [1.54, 1.807) is 18.2 Å². The standard InChI is InChI=1S/C23H25BN4O7/c1-12(21(29)25-2)26-22(30)13-7-14(24(32)33)9-15(8-13)27-23(31)19-11-20(35-4)17-6-5-16(34-3)10-18(17)28-19/h5-12,32-33H,1-4H3,(H,25,29)(H,26,30)(H,27,31)/t12-/m1/s1. The molecule has 0 aliphatic heterocycles. The summed E-state index contributed by atoms with van der Waals surface area (Å²) >= 11 is 0. The predicted octanol–water partition coefficient (Wildman–Crippen LogP) is 0.0484. The molecule has 0 saturated carbocycles. The lowest BCUT2D eigenvalue weighted by molar-refractivity contribution is -0.122. The van der Waals surface area contributed by atoms with E-state index in [9.17, 15) is 24.4 Å². The van der Waals surface area contributed by atoms with Gasteiger partial charge in [-0.05, 0) is 42.7 Å². The Morgan fingerprint density at radius 3 is 2.37 bits per heavy atom. The third-order valence-corrected chi connectivity index (χ3v) is 5.19. The fourth-order valence-corrected chi connectivity index (χ4v) is 3.35. The first-order valence-electron chi connectivity index (χ1n) is 10.5. The van der Waals surface area contributed by atoms with E-state index in [1.807, 2.05) is 0 Å². The summed E-state index contributed by atoms with van der Waals surface area (Å²) < 4.78 is 10.6. The minimum absolute atomic E-state index is 0.00967. The summed E-state index contributed by atoms with van der Waals surface area (Å²) in [4.78, 5) is 41.7. The number of benzene rings is 2. The van der Waals surface area contributed by atoms with E-state index in [0.29, 0.717) is 22.4 Å². The first kappa shape index (κ1) is 25.5. The van der Waals surface area contributed by atoms with Crippen LogP contribution in [0.25, 0.3) is 10.9 Å². The van der Waals surface area contributed by atoms with Crippen LogP contribution >= 0.6 is 0 Å². The zero-order chi connectivity index (χ0) is 25.7. The lowest BCUT2D eigenvalue weighted by Crippen LogP contribution is -2.44. The fraction of sp³-hybridized carbons (Fsp3) is 0.217. The molecule has 1 atom stereocenters. The number of aromatic nitrogens is 1. The number of rotatable bonds is 8.